The van der Waals surface area contributed by atoms with E-state index in [1.807, 2.05) is 86.6 Å². The Labute approximate surface area is 341 Å². The molecule has 0 unspecified atom stereocenters. The van der Waals surface area contributed by atoms with E-state index < -0.39 is 0 Å². The third-order valence-corrected chi connectivity index (χ3v) is 11.1. The lowest BCUT2D eigenvalue weighted by Gasteiger charge is -2.13. The van der Waals surface area contributed by atoms with Gasteiger partial charge in [-0.2, -0.15) is 0 Å². The smallest absolute Gasteiger partial charge is 0.164 e. The number of rotatable bonds is 4. The van der Waals surface area contributed by atoms with Gasteiger partial charge < -0.3 is 8.83 Å². The Morgan fingerprint density at radius 1 is 0.414 bits per heavy atom. The summed E-state index contributed by atoms with van der Waals surface area (Å²) < 4.78 is 68.8. The van der Waals surface area contributed by atoms with Gasteiger partial charge in [0.15, 0.2) is 17.5 Å². The number of para-hydroxylation sites is 2. The summed E-state index contributed by atoms with van der Waals surface area (Å²) in [5, 5.41) is 8.52. The van der Waals surface area contributed by atoms with Gasteiger partial charge in [0.25, 0.3) is 0 Å². The third-order valence-electron chi connectivity index (χ3n) is 11.1. The second-order valence-corrected chi connectivity index (χ2v) is 14.8. The predicted molar refractivity (Wildman–Crippen MR) is 238 cm³/mol. The first-order valence-corrected chi connectivity index (χ1v) is 19.1. The Morgan fingerprint density at radius 2 is 1.03 bits per heavy atom. The zero-order chi connectivity index (χ0) is 43.7. The van der Waals surface area contributed by atoms with Crippen molar-refractivity contribution in [1.29, 1.82) is 0 Å². The average molecular weight is 750 g/mol. The minimum atomic E-state index is -0.379. The van der Waals surface area contributed by atoms with Crippen LogP contribution in [0.3, 0.4) is 0 Å². The number of aryl methyl sites for hydroxylation is 2. The van der Waals surface area contributed by atoms with Gasteiger partial charge in [0, 0.05) is 43.8 Å². The fourth-order valence-electron chi connectivity index (χ4n) is 8.60. The van der Waals surface area contributed by atoms with E-state index in [0.29, 0.717) is 33.9 Å². The fraction of sp³-hybridized carbons (Fsp3) is 0.0377. The van der Waals surface area contributed by atoms with Crippen LogP contribution < -0.4 is 0 Å². The molecule has 9 aromatic carbocycles. The number of fused-ring (bicyclic) bond motifs is 12. The Kier molecular flexibility index (Phi) is 5.80. The van der Waals surface area contributed by atoms with Crippen LogP contribution in [0, 0.1) is 13.8 Å². The van der Waals surface area contributed by atoms with E-state index in [0.717, 1.165) is 59.8 Å². The highest BCUT2D eigenvalue weighted by molar-refractivity contribution is 6.25. The highest BCUT2D eigenvalue weighted by Crippen LogP contribution is 2.43. The molecule has 3 aromatic heterocycles. The van der Waals surface area contributed by atoms with Crippen LogP contribution in [0.5, 0.6) is 0 Å². The molecular formula is C53H33N3O2. The summed E-state index contributed by atoms with van der Waals surface area (Å²) in [6.45, 7) is 4.00. The van der Waals surface area contributed by atoms with E-state index in [4.69, 9.17) is 26.5 Å². The number of hydrogen-bond donors (Lipinski definition) is 0. The van der Waals surface area contributed by atoms with Crippen LogP contribution in [0.1, 0.15) is 19.4 Å². The van der Waals surface area contributed by atoms with Crippen molar-refractivity contribution in [2.75, 3.05) is 0 Å². The highest BCUT2D eigenvalue weighted by Gasteiger charge is 2.20. The molecule has 58 heavy (non-hydrogen) atoms. The van der Waals surface area contributed by atoms with Crippen LogP contribution >= 0.6 is 0 Å². The summed E-state index contributed by atoms with van der Waals surface area (Å²) in [6.07, 6.45) is 0. The molecule has 0 aliphatic heterocycles. The molecule has 0 saturated heterocycles. The highest BCUT2D eigenvalue weighted by atomic mass is 16.3. The van der Waals surface area contributed by atoms with Crippen molar-refractivity contribution in [3.63, 3.8) is 0 Å². The van der Waals surface area contributed by atoms with Crippen molar-refractivity contribution in [3.8, 4) is 45.3 Å². The molecule has 0 aliphatic carbocycles. The maximum atomic E-state index is 9.73. The molecule has 0 bridgehead atoms. The number of hydrogen-bond acceptors (Lipinski definition) is 5. The molecule has 0 radical (unpaired) electrons. The Hall–Kier alpha value is -7.63. The molecule has 5 nitrogen and oxygen atoms in total. The van der Waals surface area contributed by atoms with Gasteiger partial charge in [-0.1, -0.05) is 132 Å². The molecule has 0 fully saturated rings. The van der Waals surface area contributed by atoms with Crippen molar-refractivity contribution in [3.05, 3.63) is 175 Å². The summed E-state index contributed by atoms with van der Waals surface area (Å²) in [5.74, 6) is 0.660. The topological polar surface area (TPSA) is 65.0 Å². The molecule has 0 N–H and O–H groups in total. The lowest BCUT2D eigenvalue weighted by Crippen LogP contribution is -2.00. The lowest BCUT2D eigenvalue weighted by molar-refractivity contribution is 0.669. The molecule has 272 valence electrons. The van der Waals surface area contributed by atoms with Gasteiger partial charge in [-0.25, -0.2) is 15.0 Å². The van der Waals surface area contributed by atoms with E-state index in [2.05, 4.69) is 48.5 Å². The number of benzene rings is 9. The maximum Gasteiger partial charge on any atom is 0.164 e. The summed E-state index contributed by atoms with van der Waals surface area (Å²) in [5.41, 5.74) is 5.03. The van der Waals surface area contributed by atoms with Gasteiger partial charge in [0.05, 0.1) is 8.22 Å². The standard InChI is InChI=1S/C53H33N3O2/c1-30-25-31(2)27-34(26-30)53-55-51(32-21-23-39-37-13-4-3-11-35(37)36-12-5-6-14-38(36)45(39)28-32)54-52(56-53)33-22-24-44-48(29-33)57-47-20-10-16-41(49(44)47)43-18-9-17-42-40-15-7-8-19-46(40)58-50(42)43/h3-29H,1-2H3/i10D,16D,20D,22D,24D,29D. The van der Waals surface area contributed by atoms with E-state index >= 15 is 0 Å². The molecule has 0 aliphatic rings. The molecule has 0 atom stereocenters. The van der Waals surface area contributed by atoms with Crippen LogP contribution in [0.2, 0.25) is 0 Å². The third kappa shape index (κ3) is 5.00. The first kappa shape index (κ1) is 27.0. The first-order chi connectivity index (χ1) is 31.0. The number of nitrogens with zero attached hydrogens (tertiary/aromatic N) is 3. The van der Waals surface area contributed by atoms with Gasteiger partial charge in [-0.15, -0.1) is 0 Å². The minimum Gasteiger partial charge on any atom is -0.456 e. The van der Waals surface area contributed by atoms with Gasteiger partial charge in [0.2, 0.25) is 0 Å². The first-order valence-electron chi connectivity index (χ1n) is 22.1. The zero-order valence-corrected chi connectivity index (χ0v) is 31.3. The summed E-state index contributed by atoms with van der Waals surface area (Å²) >= 11 is 0. The van der Waals surface area contributed by atoms with Crippen LogP contribution in [-0.2, 0) is 0 Å². The summed E-state index contributed by atoms with van der Waals surface area (Å²) in [6, 6.07) is 40.1. The van der Waals surface area contributed by atoms with Crippen LogP contribution in [0.4, 0.5) is 0 Å². The average Bonchev–Trinajstić information content (AvgIpc) is 3.90. The second-order valence-electron chi connectivity index (χ2n) is 14.8. The van der Waals surface area contributed by atoms with Crippen LogP contribution in [0.25, 0.3) is 121 Å². The molecule has 3 heterocycles. The SMILES string of the molecule is [2H]c1c([2H])c(-c2cccc3c2oc2ccccc23)c2c(oc3c([2H])c(-c4nc(-c5cc(C)cc(C)c5)nc(-c5ccc6c7ccccc7c7ccccc7c6c5)n4)c([2H])c([2H])c32)c1[2H]. The van der Waals surface area contributed by atoms with Crippen molar-refractivity contribution in [2.45, 2.75) is 13.8 Å². The van der Waals surface area contributed by atoms with E-state index in [9.17, 15) is 5.48 Å². The second kappa shape index (κ2) is 12.4. The number of furan rings is 2. The molecular weight excluding hydrogens is 711 g/mol. The summed E-state index contributed by atoms with van der Waals surface area (Å²) in [7, 11) is 0. The van der Waals surface area contributed by atoms with Gasteiger partial charge in [-0.05, 0) is 94.1 Å². The Bertz CT molecular complexity index is 3970. The molecule has 0 saturated carbocycles. The van der Waals surface area contributed by atoms with Crippen molar-refractivity contribution < 1.29 is 17.1 Å². The predicted octanol–water partition coefficient (Wildman–Crippen LogP) is 14.4. The van der Waals surface area contributed by atoms with E-state index in [-0.39, 0.29) is 75.1 Å². The monoisotopic (exact) mass is 749 g/mol. The summed E-state index contributed by atoms with van der Waals surface area (Å²) in [4.78, 5) is 14.9. The van der Waals surface area contributed by atoms with Gasteiger partial charge in [-0.3, -0.25) is 0 Å². The Morgan fingerprint density at radius 3 is 1.78 bits per heavy atom. The van der Waals surface area contributed by atoms with Gasteiger partial charge >= 0.3 is 0 Å². The molecule has 0 spiro atoms. The number of aromatic nitrogens is 3. The largest absolute Gasteiger partial charge is 0.456 e. The van der Waals surface area contributed by atoms with Crippen molar-refractivity contribution in [1.82, 2.24) is 15.0 Å². The normalized spacial score (nSPS) is 13.4. The molecule has 12 rings (SSSR count). The van der Waals surface area contributed by atoms with Crippen LogP contribution in [0.15, 0.2) is 172 Å². The zero-order valence-electron chi connectivity index (χ0n) is 37.3. The van der Waals surface area contributed by atoms with E-state index in [1.165, 1.54) is 0 Å². The van der Waals surface area contributed by atoms with Crippen LogP contribution in [-0.4, -0.2) is 15.0 Å². The van der Waals surface area contributed by atoms with Crippen molar-refractivity contribution >= 4 is 76.2 Å². The van der Waals surface area contributed by atoms with Gasteiger partial charge in [0.1, 0.15) is 22.3 Å². The molecule has 0 amide bonds. The minimum absolute atomic E-state index is 0.00852. The lowest BCUT2D eigenvalue weighted by atomic mass is 9.93. The fourth-order valence-corrected chi connectivity index (χ4v) is 8.60. The maximum absolute atomic E-state index is 9.73. The molecule has 5 heteroatoms. The Balaban J connectivity index is 1.13. The van der Waals surface area contributed by atoms with Crippen molar-refractivity contribution in [2.24, 2.45) is 0 Å². The molecule has 12 aromatic rings. The van der Waals surface area contributed by atoms with E-state index in [1.54, 1.807) is 6.07 Å². The quantitative estimate of drug-likeness (QED) is 0.168.